The molecule has 0 saturated heterocycles. The van der Waals surface area contributed by atoms with E-state index < -0.39 is 0 Å². The Morgan fingerprint density at radius 3 is 3.05 bits per heavy atom. The number of aromatic nitrogens is 3. The standard InChI is InChI=1S/C12H11N5OS/c1-6-11(18)15-8-4-7(2-3-10(8)19-6)9-5-14-17-12(13)16-9/h2-6H,1H3,(H,15,18)(H2,13,16,17). The third-order valence-electron chi connectivity index (χ3n) is 2.78. The summed E-state index contributed by atoms with van der Waals surface area (Å²) in [4.78, 5) is 16.8. The van der Waals surface area contributed by atoms with Crippen molar-refractivity contribution in [3.05, 3.63) is 24.4 Å². The molecule has 1 aromatic heterocycles. The van der Waals surface area contributed by atoms with E-state index in [2.05, 4.69) is 20.5 Å². The van der Waals surface area contributed by atoms with E-state index in [1.807, 2.05) is 25.1 Å². The van der Waals surface area contributed by atoms with Gasteiger partial charge in [-0.1, -0.05) is 6.07 Å². The summed E-state index contributed by atoms with van der Waals surface area (Å²) in [6.07, 6.45) is 1.54. The number of benzene rings is 1. The fourth-order valence-electron chi connectivity index (χ4n) is 1.82. The first-order valence-electron chi connectivity index (χ1n) is 5.70. The van der Waals surface area contributed by atoms with Crippen molar-refractivity contribution in [2.75, 3.05) is 11.1 Å². The summed E-state index contributed by atoms with van der Waals surface area (Å²) in [7, 11) is 0. The minimum Gasteiger partial charge on any atom is -0.366 e. The van der Waals surface area contributed by atoms with Crippen LogP contribution in [0.15, 0.2) is 29.3 Å². The van der Waals surface area contributed by atoms with Crippen molar-refractivity contribution in [2.24, 2.45) is 0 Å². The van der Waals surface area contributed by atoms with Crippen LogP contribution in [0.5, 0.6) is 0 Å². The Hall–Kier alpha value is -2.15. The molecule has 3 N–H and O–H groups in total. The van der Waals surface area contributed by atoms with Crippen LogP contribution >= 0.6 is 11.8 Å². The number of rotatable bonds is 1. The van der Waals surface area contributed by atoms with E-state index in [0.29, 0.717) is 5.69 Å². The number of nitrogens with one attached hydrogen (secondary N) is 1. The van der Waals surface area contributed by atoms with E-state index in [-0.39, 0.29) is 17.1 Å². The zero-order valence-electron chi connectivity index (χ0n) is 10.1. The molecule has 1 amide bonds. The molecule has 0 aliphatic carbocycles. The van der Waals surface area contributed by atoms with Crippen molar-refractivity contribution in [3.63, 3.8) is 0 Å². The smallest absolute Gasteiger partial charge is 0.240 e. The van der Waals surface area contributed by atoms with Gasteiger partial charge in [-0.3, -0.25) is 4.79 Å². The monoisotopic (exact) mass is 273 g/mol. The van der Waals surface area contributed by atoms with E-state index >= 15 is 0 Å². The molecule has 1 unspecified atom stereocenters. The molecule has 0 radical (unpaired) electrons. The zero-order valence-corrected chi connectivity index (χ0v) is 10.9. The van der Waals surface area contributed by atoms with Crippen LogP contribution in [0, 0.1) is 0 Å². The van der Waals surface area contributed by atoms with Gasteiger partial charge in [0.15, 0.2) is 0 Å². The average Bonchev–Trinajstić information content (AvgIpc) is 2.39. The fraction of sp³-hybridized carbons (Fsp3) is 0.167. The predicted molar refractivity (Wildman–Crippen MR) is 73.6 cm³/mol. The molecule has 19 heavy (non-hydrogen) atoms. The van der Waals surface area contributed by atoms with Gasteiger partial charge in [0.2, 0.25) is 11.9 Å². The number of nitrogens with two attached hydrogens (primary N) is 1. The van der Waals surface area contributed by atoms with Gasteiger partial charge in [-0.2, -0.15) is 5.10 Å². The highest BCUT2D eigenvalue weighted by atomic mass is 32.2. The van der Waals surface area contributed by atoms with Crippen molar-refractivity contribution in [1.82, 2.24) is 15.2 Å². The van der Waals surface area contributed by atoms with E-state index in [4.69, 9.17) is 5.73 Å². The highest BCUT2D eigenvalue weighted by molar-refractivity contribution is 8.00. The van der Waals surface area contributed by atoms with Gasteiger partial charge in [0.25, 0.3) is 0 Å². The lowest BCUT2D eigenvalue weighted by Crippen LogP contribution is -2.26. The highest BCUT2D eigenvalue weighted by Gasteiger charge is 2.23. The van der Waals surface area contributed by atoms with Crippen molar-refractivity contribution >= 4 is 29.3 Å². The molecule has 2 aromatic rings. The van der Waals surface area contributed by atoms with Gasteiger partial charge in [0, 0.05) is 10.5 Å². The molecule has 6 nitrogen and oxygen atoms in total. The summed E-state index contributed by atoms with van der Waals surface area (Å²) >= 11 is 1.54. The van der Waals surface area contributed by atoms with Crippen LogP contribution < -0.4 is 11.1 Å². The lowest BCUT2D eigenvalue weighted by molar-refractivity contribution is -0.115. The fourth-order valence-corrected chi connectivity index (χ4v) is 2.75. The first kappa shape index (κ1) is 11.9. The van der Waals surface area contributed by atoms with Crippen molar-refractivity contribution < 1.29 is 4.79 Å². The number of carbonyl (C=O) groups excluding carboxylic acids is 1. The highest BCUT2D eigenvalue weighted by Crippen LogP contribution is 2.37. The maximum absolute atomic E-state index is 11.7. The molecule has 1 aliphatic rings. The van der Waals surface area contributed by atoms with E-state index in [1.165, 1.54) is 0 Å². The Labute approximate surface area is 113 Å². The number of amides is 1. The third-order valence-corrected chi connectivity index (χ3v) is 3.96. The molecule has 3 rings (SSSR count). The van der Waals surface area contributed by atoms with Gasteiger partial charge in [-0.25, -0.2) is 4.98 Å². The van der Waals surface area contributed by atoms with E-state index in [1.54, 1.807) is 18.0 Å². The first-order valence-corrected chi connectivity index (χ1v) is 6.58. The number of carbonyl (C=O) groups is 1. The van der Waals surface area contributed by atoms with Gasteiger partial charge in [0.1, 0.15) is 0 Å². The minimum atomic E-state index is -0.0743. The normalized spacial score (nSPS) is 17.7. The second-order valence-corrected chi connectivity index (χ2v) is 5.54. The van der Waals surface area contributed by atoms with Crippen molar-refractivity contribution in [3.8, 4) is 11.3 Å². The van der Waals surface area contributed by atoms with Gasteiger partial charge in [-0.15, -0.1) is 16.9 Å². The molecule has 7 heteroatoms. The van der Waals surface area contributed by atoms with Crippen LogP contribution in [-0.4, -0.2) is 26.3 Å². The molecular weight excluding hydrogens is 262 g/mol. The number of thioether (sulfide) groups is 1. The first-order chi connectivity index (χ1) is 9.13. The van der Waals surface area contributed by atoms with Crippen LogP contribution in [0.3, 0.4) is 0 Å². The topological polar surface area (TPSA) is 93.8 Å². The molecule has 0 saturated carbocycles. The average molecular weight is 273 g/mol. The Balaban J connectivity index is 2.02. The molecule has 1 aromatic carbocycles. The quantitative estimate of drug-likeness (QED) is 0.818. The van der Waals surface area contributed by atoms with Crippen molar-refractivity contribution in [1.29, 1.82) is 0 Å². The number of fused-ring (bicyclic) bond motifs is 1. The summed E-state index contributed by atoms with van der Waals surface area (Å²) in [5.41, 5.74) is 7.79. The lowest BCUT2D eigenvalue weighted by atomic mass is 10.1. The SMILES string of the molecule is CC1Sc2ccc(-c3cnnc(N)n3)cc2NC1=O. The van der Waals surface area contributed by atoms with Gasteiger partial charge in [0.05, 0.1) is 22.8 Å². The molecule has 0 bridgehead atoms. The lowest BCUT2D eigenvalue weighted by Gasteiger charge is -2.21. The zero-order chi connectivity index (χ0) is 13.4. The second kappa shape index (κ2) is 4.51. The summed E-state index contributed by atoms with van der Waals surface area (Å²) in [5.74, 6) is 0.136. The maximum Gasteiger partial charge on any atom is 0.240 e. The van der Waals surface area contributed by atoms with Crippen LogP contribution in [0.25, 0.3) is 11.3 Å². The van der Waals surface area contributed by atoms with Gasteiger partial charge in [-0.05, 0) is 19.1 Å². The molecule has 96 valence electrons. The molecule has 2 heterocycles. The Morgan fingerprint density at radius 2 is 2.26 bits per heavy atom. The van der Waals surface area contributed by atoms with Gasteiger partial charge < -0.3 is 11.1 Å². The Morgan fingerprint density at radius 1 is 1.42 bits per heavy atom. The maximum atomic E-state index is 11.7. The van der Waals surface area contributed by atoms with Crippen LogP contribution in [0.2, 0.25) is 0 Å². The molecule has 0 spiro atoms. The van der Waals surface area contributed by atoms with Gasteiger partial charge >= 0.3 is 0 Å². The summed E-state index contributed by atoms with van der Waals surface area (Å²) < 4.78 is 0. The van der Waals surface area contributed by atoms with Crippen LogP contribution in [0.4, 0.5) is 11.6 Å². The summed E-state index contributed by atoms with van der Waals surface area (Å²) in [6.45, 7) is 1.88. The molecule has 1 atom stereocenters. The predicted octanol–water partition coefficient (Wildman–Crippen LogP) is 1.55. The number of nitrogen functional groups attached to an aromatic ring is 1. The number of hydrogen-bond acceptors (Lipinski definition) is 6. The number of nitrogens with zero attached hydrogens (tertiary/aromatic N) is 3. The second-order valence-electron chi connectivity index (χ2n) is 4.16. The molecule has 0 fully saturated rings. The number of hydrogen-bond donors (Lipinski definition) is 2. The van der Waals surface area contributed by atoms with Crippen molar-refractivity contribution in [2.45, 2.75) is 17.1 Å². The summed E-state index contributed by atoms with van der Waals surface area (Å²) in [6, 6.07) is 5.76. The molecular formula is C12H11N5OS. The Bertz CT molecular complexity index is 660. The number of anilines is 2. The minimum absolute atomic E-state index is 0.00924. The Kier molecular flexibility index (Phi) is 2.83. The summed E-state index contributed by atoms with van der Waals surface area (Å²) in [5, 5.41) is 10.2. The molecule has 1 aliphatic heterocycles. The van der Waals surface area contributed by atoms with E-state index in [9.17, 15) is 4.79 Å². The third kappa shape index (κ3) is 2.24. The van der Waals surface area contributed by atoms with E-state index in [0.717, 1.165) is 16.1 Å². The largest absolute Gasteiger partial charge is 0.366 e. The van der Waals surface area contributed by atoms with Crippen LogP contribution in [-0.2, 0) is 4.79 Å². The van der Waals surface area contributed by atoms with Crippen LogP contribution in [0.1, 0.15) is 6.92 Å².